The van der Waals surface area contributed by atoms with Gasteiger partial charge in [-0.2, -0.15) is 5.10 Å². The zero-order valence-corrected chi connectivity index (χ0v) is 11.5. The van der Waals surface area contributed by atoms with Gasteiger partial charge in [0.2, 0.25) is 11.9 Å². The van der Waals surface area contributed by atoms with Crippen molar-refractivity contribution in [1.82, 2.24) is 15.2 Å². The van der Waals surface area contributed by atoms with Crippen LogP contribution in [0.4, 0.5) is 5.95 Å². The Labute approximate surface area is 111 Å². The van der Waals surface area contributed by atoms with E-state index in [1.807, 2.05) is 6.92 Å². The molecule has 98 valence electrons. The first-order chi connectivity index (χ1) is 8.45. The molecule has 1 aromatic heterocycles. The summed E-state index contributed by atoms with van der Waals surface area (Å²) in [4.78, 5) is 16.3. The van der Waals surface area contributed by atoms with E-state index >= 15 is 0 Å². The van der Waals surface area contributed by atoms with E-state index < -0.39 is 5.92 Å². The normalized spacial score (nSPS) is 11.9. The van der Waals surface area contributed by atoms with Crippen molar-refractivity contribution in [2.75, 3.05) is 5.32 Å². The fourth-order valence-corrected chi connectivity index (χ4v) is 1.62. The zero-order valence-electron chi connectivity index (χ0n) is 10.7. The summed E-state index contributed by atoms with van der Waals surface area (Å²) in [7, 11) is 0. The monoisotopic (exact) mass is 267 g/mol. The summed E-state index contributed by atoms with van der Waals surface area (Å²) in [6.45, 7) is 5.57. The van der Waals surface area contributed by atoms with Crippen LogP contribution >= 0.6 is 12.2 Å². The predicted molar refractivity (Wildman–Crippen MR) is 73.1 cm³/mol. The summed E-state index contributed by atoms with van der Waals surface area (Å²) in [6.07, 6.45) is 1.43. The van der Waals surface area contributed by atoms with E-state index in [2.05, 4.69) is 20.5 Å². The zero-order chi connectivity index (χ0) is 13.7. The maximum atomic E-state index is 12.0. The van der Waals surface area contributed by atoms with Gasteiger partial charge in [0.05, 0.1) is 22.3 Å². The van der Waals surface area contributed by atoms with E-state index in [1.54, 1.807) is 13.8 Å². The second kappa shape index (κ2) is 6.34. The summed E-state index contributed by atoms with van der Waals surface area (Å²) >= 11 is 4.88. The molecule has 0 saturated heterocycles. The second-order valence-corrected chi connectivity index (χ2v) is 4.51. The number of carbonyl (C=O) groups is 1. The highest BCUT2D eigenvalue weighted by atomic mass is 32.1. The van der Waals surface area contributed by atoms with Crippen LogP contribution in [0.3, 0.4) is 0 Å². The number of anilines is 1. The minimum absolute atomic E-state index is 0.181. The van der Waals surface area contributed by atoms with Crippen molar-refractivity contribution in [3.8, 4) is 0 Å². The molecule has 1 heterocycles. The van der Waals surface area contributed by atoms with Gasteiger partial charge in [-0.1, -0.05) is 25.6 Å². The number of thiocarbonyl (C=S) groups is 1. The molecule has 0 spiro atoms. The molecule has 3 N–H and O–H groups in total. The lowest BCUT2D eigenvalue weighted by atomic mass is 10.0. The van der Waals surface area contributed by atoms with Crippen LogP contribution in [0.15, 0.2) is 0 Å². The van der Waals surface area contributed by atoms with Gasteiger partial charge in [-0.3, -0.25) is 10.1 Å². The topological polar surface area (TPSA) is 93.8 Å². The number of aromatic nitrogens is 3. The molecule has 0 aliphatic heterocycles. The molecule has 0 fully saturated rings. The molecule has 0 aromatic carbocycles. The minimum Gasteiger partial charge on any atom is -0.393 e. The summed E-state index contributed by atoms with van der Waals surface area (Å²) in [5.41, 5.74) is 7.00. The average Bonchev–Trinajstić information content (AvgIpc) is 2.30. The number of rotatable bonds is 5. The number of carbonyl (C=O) groups excluding carboxylic acids is 1. The van der Waals surface area contributed by atoms with Crippen molar-refractivity contribution in [1.29, 1.82) is 0 Å². The first-order valence-corrected chi connectivity index (χ1v) is 6.14. The van der Waals surface area contributed by atoms with Crippen molar-refractivity contribution >= 4 is 29.1 Å². The fourth-order valence-electron chi connectivity index (χ4n) is 1.40. The molecule has 0 bridgehead atoms. The smallest absolute Gasteiger partial charge is 0.249 e. The van der Waals surface area contributed by atoms with Crippen LogP contribution < -0.4 is 11.1 Å². The highest BCUT2D eigenvalue weighted by Gasteiger charge is 2.21. The van der Waals surface area contributed by atoms with Gasteiger partial charge in [0.15, 0.2) is 0 Å². The number of amides is 1. The predicted octanol–water partition coefficient (Wildman–Crippen LogP) is 1.13. The molecule has 7 heteroatoms. The third-order valence-corrected chi connectivity index (χ3v) is 2.85. The number of aryl methyl sites for hydroxylation is 2. The van der Waals surface area contributed by atoms with Crippen molar-refractivity contribution < 1.29 is 4.79 Å². The number of nitrogens with two attached hydrogens (primary N) is 1. The van der Waals surface area contributed by atoms with Gasteiger partial charge in [0, 0.05) is 0 Å². The Kier molecular flexibility index (Phi) is 5.08. The lowest BCUT2D eigenvalue weighted by Crippen LogP contribution is -2.33. The molecule has 1 atom stereocenters. The Balaban J connectivity index is 2.79. The van der Waals surface area contributed by atoms with Crippen molar-refractivity contribution in [3.63, 3.8) is 0 Å². The molecular weight excluding hydrogens is 250 g/mol. The van der Waals surface area contributed by atoms with E-state index in [4.69, 9.17) is 18.0 Å². The first-order valence-electron chi connectivity index (χ1n) is 5.73. The molecule has 6 nitrogen and oxygen atoms in total. The SMILES string of the molecule is CCCC(C(=O)Nc1nnc(C)c(C)n1)C(N)=S. The summed E-state index contributed by atoms with van der Waals surface area (Å²) < 4.78 is 0. The van der Waals surface area contributed by atoms with Crippen LogP contribution in [0, 0.1) is 19.8 Å². The minimum atomic E-state index is -0.491. The lowest BCUT2D eigenvalue weighted by molar-refractivity contribution is -0.118. The standard InChI is InChI=1S/C11H17N5OS/c1-4-5-8(9(12)18)10(17)14-11-13-6(2)7(3)15-16-11/h8H,4-5H2,1-3H3,(H2,12,18)(H,13,14,16,17). The van der Waals surface area contributed by atoms with E-state index in [-0.39, 0.29) is 16.8 Å². The molecule has 0 aliphatic rings. The molecule has 0 aliphatic carbocycles. The summed E-state index contributed by atoms with van der Waals surface area (Å²) in [5, 5.41) is 10.3. The third kappa shape index (κ3) is 3.69. The third-order valence-electron chi connectivity index (χ3n) is 2.56. The molecule has 1 aromatic rings. The second-order valence-electron chi connectivity index (χ2n) is 4.04. The van der Waals surface area contributed by atoms with Gasteiger partial charge < -0.3 is 5.73 Å². The van der Waals surface area contributed by atoms with E-state index in [0.717, 1.165) is 17.8 Å². The average molecular weight is 267 g/mol. The maximum Gasteiger partial charge on any atom is 0.249 e. The highest BCUT2D eigenvalue weighted by Crippen LogP contribution is 2.10. The molecule has 18 heavy (non-hydrogen) atoms. The Hall–Kier alpha value is -1.63. The molecule has 1 unspecified atom stereocenters. The van der Waals surface area contributed by atoms with Crippen LogP contribution in [0.1, 0.15) is 31.2 Å². The Bertz CT molecular complexity index is 463. The van der Waals surface area contributed by atoms with E-state index in [0.29, 0.717) is 6.42 Å². The summed E-state index contributed by atoms with van der Waals surface area (Å²) in [6, 6.07) is 0. The van der Waals surface area contributed by atoms with Gasteiger partial charge in [0.1, 0.15) is 0 Å². The quantitative estimate of drug-likeness (QED) is 0.777. The van der Waals surface area contributed by atoms with Crippen LogP contribution in [0.25, 0.3) is 0 Å². The van der Waals surface area contributed by atoms with E-state index in [9.17, 15) is 4.79 Å². The Morgan fingerprint density at radius 3 is 2.56 bits per heavy atom. The van der Waals surface area contributed by atoms with Gasteiger partial charge in [-0.15, -0.1) is 5.10 Å². The summed E-state index contributed by atoms with van der Waals surface area (Å²) in [5.74, 6) is -0.593. The molecule has 0 saturated carbocycles. The van der Waals surface area contributed by atoms with Gasteiger partial charge in [-0.25, -0.2) is 4.98 Å². The fraction of sp³-hybridized carbons (Fsp3) is 0.545. The number of nitrogens with zero attached hydrogens (tertiary/aromatic N) is 3. The van der Waals surface area contributed by atoms with Crippen molar-refractivity contribution in [3.05, 3.63) is 11.4 Å². The lowest BCUT2D eigenvalue weighted by Gasteiger charge is -2.13. The molecule has 1 amide bonds. The van der Waals surface area contributed by atoms with Gasteiger partial charge >= 0.3 is 0 Å². The largest absolute Gasteiger partial charge is 0.393 e. The molecular formula is C11H17N5OS. The molecule has 0 radical (unpaired) electrons. The van der Waals surface area contributed by atoms with Crippen LogP contribution in [0.2, 0.25) is 0 Å². The van der Waals surface area contributed by atoms with Crippen LogP contribution in [-0.4, -0.2) is 26.1 Å². The Morgan fingerprint density at radius 2 is 2.06 bits per heavy atom. The first kappa shape index (κ1) is 14.4. The maximum absolute atomic E-state index is 12.0. The van der Waals surface area contributed by atoms with Crippen molar-refractivity contribution in [2.24, 2.45) is 11.7 Å². The highest BCUT2D eigenvalue weighted by molar-refractivity contribution is 7.80. The van der Waals surface area contributed by atoms with Gasteiger partial charge in [0.25, 0.3) is 0 Å². The van der Waals surface area contributed by atoms with Crippen LogP contribution in [-0.2, 0) is 4.79 Å². The number of hydrogen-bond acceptors (Lipinski definition) is 5. The van der Waals surface area contributed by atoms with Gasteiger partial charge in [-0.05, 0) is 20.3 Å². The van der Waals surface area contributed by atoms with Crippen molar-refractivity contribution in [2.45, 2.75) is 33.6 Å². The van der Waals surface area contributed by atoms with Crippen LogP contribution in [0.5, 0.6) is 0 Å². The number of nitrogens with one attached hydrogen (secondary N) is 1. The number of hydrogen-bond donors (Lipinski definition) is 2. The Morgan fingerprint density at radius 1 is 1.39 bits per heavy atom. The molecule has 1 rings (SSSR count). The van der Waals surface area contributed by atoms with E-state index in [1.165, 1.54) is 0 Å².